The standard InChI is InChI=1S/C26H27N5O/c1-3-26(19-7-4-6-17(13-19)18-8-11-27-16(2)12-18)20-15-28-31-23(20)29-21-14-25(9-5-10-25)30-24(32)22(21)26/h4,6-8,11-13,15,23,29H,3,5,9-10,14H2,1-2H3,(H,30,32)/t23?,26-/m0/s1. The van der Waals surface area contributed by atoms with Gasteiger partial charge >= 0.3 is 0 Å². The molecular formula is C26H27N5O. The smallest absolute Gasteiger partial charge is 0.250 e. The highest BCUT2D eigenvalue weighted by atomic mass is 16.2. The maximum Gasteiger partial charge on any atom is 0.250 e. The third-order valence-electron chi connectivity index (χ3n) is 7.75. The van der Waals surface area contributed by atoms with Crippen LogP contribution in [0.1, 0.15) is 50.3 Å². The summed E-state index contributed by atoms with van der Waals surface area (Å²) in [7, 11) is 0. The number of fused-ring (bicyclic) bond motifs is 1. The summed E-state index contributed by atoms with van der Waals surface area (Å²) in [6, 6.07) is 12.7. The number of nitrogens with one attached hydrogen (secondary N) is 2. The minimum atomic E-state index is -0.553. The molecule has 2 atom stereocenters. The fourth-order valence-electron chi connectivity index (χ4n) is 6.03. The van der Waals surface area contributed by atoms with Gasteiger partial charge in [-0.2, -0.15) is 10.2 Å². The van der Waals surface area contributed by atoms with Gasteiger partial charge in [0.1, 0.15) is 0 Å². The quantitative estimate of drug-likeness (QED) is 0.749. The number of nitrogens with zero attached hydrogens (tertiary/aromatic N) is 3. The Morgan fingerprint density at radius 1 is 1.16 bits per heavy atom. The number of carbonyl (C=O) groups excluding carboxylic acids is 1. The maximum atomic E-state index is 13.7. The summed E-state index contributed by atoms with van der Waals surface area (Å²) in [5.41, 5.74) is 6.65. The molecule has 1 aliphatic carbocycles. The normalized spacial score (nSPS) is 27.2. The SMILES string of the molecule is CC[C@]1(c2cccc(-c3ccnc(C)c3)c2)C2=CN=NC2NC2=C1C(=O)NC1(CCC1)C2. The van der Waals surface area contributed by atoms with Crippen molar-refractivity contribution in [2.24, 2.45) is 10.2 Å². The van der Waals surface area contributed by atoms with Gasteiger partial charge in [-0.15, -0.1) is 0 Å². The van der Waals surface area contributed by atoms with Crippen LogP contribution in [-0.4, -0.2) is 22.6 Å². The highest BCUT2D eigenvalue weighted by molar-refractivity contribution is 6.00. The van der Waals surface area contributed by atoms with E-state index in [1.807, 2.05) is 25.4 Å². The molecule has 1 amide bonds. The first-order valence-corrected chi connectivity index (χ1v) is 11.5. The lowest BCUT2D eigenvalue weighted by Crippen LogP contribution is -2.62. The van der Waals surface area contributed by atoms with Crippen LogP contribution in [0.2, 0.25) is 0 Å². The van der Waals surface area contributed by atoms with E-state index in [2.05, 4.69) is 63.1 Å². The average Bonchev–Trinajstić information content (AvgIpc) is 3.25. The van der Waals surface area contributed by atoms with Gasteiger partial charge in [-0.1, -0.05) is 25.1 Å². The molecule has 1 spiro atoms. The first-order valence-electron chi connectivity index (χ1n) is 11.5. The van der Waals surface area contributed by atoms with Crippen molar-refractivity contribution in [3.05, 3.63) is 76.9 Å². The second kappa shape index (κ2) is 6.86. The second-order valence-corrected chi connectivity index (χ2v) is 9.51. The summed E-state index contributed by atoms with van der Waals surface area (Å²) in [5, 5.41) is 15.7. The van der Waals surface area contributed by atoms with Gasteiger partial charge in [0.05, 0.1) is 17.2 Å². The zero-order chi connectivity index (χ0) is 21.9. The van der Waals surface area contributed by atoms with Crippen molar-refractivity contribution in [1.29, 1.82) is 0 Å². The number of rotatable bonds is 3. The Hall–Kier alpha value is -3.28. The number of benzene rings is 1. The van der Waals surface area contributed by atoms with Crippen LogP contribution in [0.5, 0.6) is 0 Å². The van der Waals surface area contributed by atoms with Crippen molar-refractivity contribution in [2.45, 2.75) is 63.1 Å². The second-order valence-electron chi connectivity index (χ2n) is 9.51. The zero-order valence-corrected chi connectivity index (χ0v) is 18.5. The Labute approximate surface area is 187 Å². The first kappa shape index (κ1) is 19.4. The lowest BCUT2D eigenvalue weighted by Gasteiger charge is -2.52. The highest BCUT2D eigenvalue weighted by Crippen LogP contribution is 2.53. The third kappa shape index (κ3) is 2.65. The lowest BCUT2D eigenvalue weighted by atomic mass is 9.60. The minimum Gasteiger partial charge on any atom is -0.362 e. The summed E-state index contributed by atoms with van der Waals surface area (Å²) in [6.07, 6.45) is 8.36. The number of carbonyl (C=O) groups is 1. The van der Waals surface area contributed by atoms with E-state index in [-0.39, 0.29) is 17.6 Å². The number of aromatic nitrogens is 1. The molecule has 0 saturated heterocycles. The van der Waals surface area contributed by atoms with Gasteiger partial charge in [0, 0.05) is 35.1 Å². The lowest BCUT2D eigenvalue weighted by molar-refractivity contribution is -0.122. The van der Waals surface area contributed by atoms with Gasteiger partial charge in [-0.05, 0) is 67.5 Å². The molecule has 6 nitrogen and oxygen atoms in total. The summed E-state index contributed by atoms with van der Waals surface area (Å²) >= 11 is 0. The molecule has 4 aliphatic rings. The van der Waals surface area contributed by atoms with Gasteiger partial charge in [0.2, 0.25) is 0 Å². The number of hydrogen-bond acceptors (Lipinski definition) is 5. The van der Waals surface area contributed by atoms with Crippen molar-refractivity contribution < 1.29 is 4.79 Å². The number of aryl methyl sites for hydroxylation is 1. The van der Waals surface area contributed by atoms with E-state index in [9.17, 15) is 4.79 Å². The number of pyridine rings is 1. The number of amides is 1. The van der Waals surface area contributed by atoms with E-state index >= 15 is 0 Å². The van der Waals surface area contributed by atoms with Crippen LogP contribution in [0.15, 0.2) is 75.9 Å². The fourth-order valence-corrected chi connectivity index (χ4v) is 6.03. The monoisotopic (exact) mass is 425 g/mol. The molecule has 0 radical (unpaired) electrons. The van der Waals surface area contributed by atoms with Crippen LogP contribution in [0.3, 0.4) is 0 Å². The maximum absolute atomic E-state index is 13.7. The Balaban J connectivity index is 1.55. The molecule has 2 aromatic rings. The van der Waals surface area contributed by atoms with E-state index in [0.717, 1.165) is 64.9 Å². The molecule has 4 heterocycles. The minimum absolute atomic E-state index is 0.0525. The van der Waals surface area contributed by atoms with Gasteiger partial charge < -0.3 is 10.6 Å². The molecule has 1 saturated carbocycles. The van der Waals surface area contributed by atoms with Crippen molar-refractivity contribution in [3.8, 4) is 11.1 Å². The summed E-state index contributed by atoms with van der Waals surface area (Å²) in [6.45, 7) is 4.17. The molecule has 0 bridgehead atoms. The molecular weight excluding hydrogens is 398 g/mol. The van der Waals surface area contributed by atoms with Crippen LogP contribution in [0.25, 0.3) is 11.1 Å². The van der Waals surface area contributed by atoms with Gasteiger partial charge in [-0.25, -0.2) is 0 Å². The Bertz CT molecular complexity index is 1220. The Morgan fingerprint density at radius 3 is 2.75 bits per heavy atom. The first-order chi connectivity index (χ1) is 15.5. The van der Waals surface area contributed by atoms with Gasteiger partial charge in [0.25, 0.3) is 5.91 Å². The van der Waals surface area contributed by atoms with Gasteiger partial charge in [0.15, 0.2) is 6.17 Å². The van der Waals surface area contributed by atoms with E-state index in [4.69, 9.17) is 0 Å². The molecule has 3 aliphatic heterocycles. The molecule has 162 valence electrons. The Morgan fingerprint density at radius 2 is 2.00 bits per heavy atom. The van der Waals surface area contributed by atoms with Crippen molar-refractivity contribution in [3.63, 3.8) is 0 Å². The zero-order valence-electron chi connectivity index (χ0n) is 18.5. The number of hydrogen-bond donors (Lipinski definition) is 2. The highest BCUT2D eigenvalue weighted by Gasteiger charge is 2.55. The van der Waals surface area contributed by atoms with Crippen molar-refractivity contribution >= 4 is 5.91 Å². The van der Waals surface area contributed by atoms with Crippen molar-refractivity contribution in [1.82, 2.24) is 15.6 Å². The van der Waals surface area contributed by atoms with E-state index in [1.54, 1.807) is 0 Å². The van der Waals surface area contributed by atoms with Crippen LogP contribution >= 0.6 is 0 Å². The summed E-state index contributed by atoms with van der Waals surface area (Å²) in [5.74, 6) is 0.0525. The van der Waals surface area contributed by atoms with Gasteiger partial charge in [-0.3, -0.25) is 9.78 Å². The summed E-state index contributed by atoms with van der Waals surface area (Å²) < 4.78 is 0. The molecule has 1 fully saturated rings. The average molecular weight is 426 g/mol. The molecule has 6 heteroatoms. The fraction of sp³-hybridized carbons (Fsp3) is 0.385. The van der Waals surface area contributed by atoms with Crippen LogP contribution in [0.4, 0.5) is 0 Å². The van der Waals surface area contributed by atoms with Crippen molar-refractivity contribution in [2.75, 3.05) is 0 Å². The molecule has 1 aromatic heterocycles. The molecule has 1 aromatic carbocycles. The van der Waals surface area contributed by atoms with E-state index < -0.39 is 5.41 Å². The predicted molar refractivity (Wildman–Crippen MR) is 123 cm³/mol. The molecule has 1 unspecified atom stereocenters. The molecule has 32 heavy (non-hydrogen) atoms. The molecule has 2 N–H and O–H groups in total. The van der Waals surface area contributed by atoms with Crippen LogP contribution in [0, 0.1) is 6.92 Å². The predicted octanol–water partition coefficient (Wildman–Crippen LogP) is 4.68. The van der Waals surface area contributed by atoms with Crippen LogP contribution in [-0.2, 0) is 10.2 Å². The van der Waals surface area contributed by atoms with E-state index in [1.165, 1.54) is 6.42 Å². The largest absolute Gasteiger partial charge is 0.362 e. The topological polar surface area (TPSA) is 78.7 Å². The Kier molecular flexibility index (Phi) is 4.16. The molecule has 6 rings (SSSR count). The van der Waals surface area contributed by atoms with Crippen LogP contribution < -0.4 is 10.6 Å². The number of azo groups is 1. The van der Waals surface area contributed by atoms with E-state index in [0.29, 0.717) is 0 Å². The summed E-state index contributed by atoms with van der Waals surface area (Å²) in [4.78, 5) is 18.0. The third-order valence-corrected chi connectivity index (χ3v) is 7.75.